The second-order valence-corrected chi connectivity index (χ2v) is 7.70. The van der Waals surface area contributed by atoms with Crippen molar-refractivity contribution in [3.63, 3.8) is 0 Å². The maximum atomic E-state index is 12.8. The molecule has 0 saturated carbocycles. The van der Waals surface area contributed by atoms with Crippen molar-refractivity contribution in [3.8, 4) is 16.9 Å². The first-order valence-corrected chi connectivity index (χ1v) is 9.86. The van der Waals surface area contributed by atoms with Crippen LogP contribution in [-0.2, 0) is 20.0 Å². The van der Waals surface area contributed by atoms with Crippen molar-refractivity contribution in [2.24, 2.45) is 7.05 Å². The molecule has 4 rings (SSSR count). The summed E-state index contributed by atoms with van der Waals surface area (Å²) in [6.45, 7) is 0.822. The Kier molecular flexibility index (Phi) is 5.10. The summed E-state index contributed by atoms with van der Waals surface area (Å²) < 4.78 is 42.5. The molecule has 0 radical (unpaired) electrons. The average molecular weight is 435 g/mol. The number of rotatable bonds is 3. The van der Waals surface area contributed by atoms with Gasteiger partial charge in [0.15, 0.2) is 0 Å². The Labute approximate surface area is 173 Å². The van der Waals surface area contributed by atoms with Crippen LogP contribution in [0.3, 0.4) is 0 Å². The molecule has 3 aromatic rings. The first-order valence-electron chi connectivity index (χ1n) is 8.98. The summed E-state index contributed by atoms with van der Waals surface area (Å²) in [7, 11) is 1.66. The second-order valence-electron chi connectivity index (χ2n) is 6.81. The molecule has 10 heteroatoms. The van der Waals surface area contributed by atoms with Gasteiger partial charge in [0.2, 0.25) is 0 Å². The van der Waals surface area contributed by atoms with Gasteiger partial charge in [-0.3, -0.25) is 14.6 Å². The summed E-state index contributed by atoms with van der Waals surface area (Å²) in [5, 5.41) is 0. The van der Waals surface area contributed by atoms with Gasteiger partial charge < -0.3 is 14.2 Å². The Morgan fingerprint density at radius 1 is 1.23 bits per heavy atom. The van der Waals surface area contributed by atoms with Crippen molar-refractivity contribution in [3.05, 3.63) is 68.5 Å². The van der Waals surface area contributed by atoms with E-state index in [-0.39, 0.29) is 17.2 Å². The first-order chi connectivity index (χ1) is 14.2. The molecule has 3 heterocycles. The monoisotopic (exact) mass is 435 g/mol. The molecule has 0 bridgehead atoms. The predicted molar refractivity (Wildman–Crippen MR) is 104 cm³/mol. The maximum Gasteiger partial charge on any atom is 0.573 e. The number of halogens is 3. The minimum atomic E-state index is -4.78. The Morgan fingerprint density at radius 3 is 2.60 bits per heavy atom. The lowest BCUT2D eigenvalue weighted by molar-refractivity contribution is -0.274. The number of aromatic nitrogens is 2. The number of benzene rings is 1. The topological polar surface area (TPSA) is 64.4 Å². The fraction of sp³-hybridized carbons (Fsp3) is 0.250. The van der Waals surface area contributed by atoms with Gasteiger partial charge in [-0.1, -0.05) is 12.1 Å². The summed E-state index contributed by atoms with van der Waals surface area (Å²) in [5.74, 6) is -0.477. The van der Waals surface area contributed by atoms with Crippen LogP contribution in [0.15, 0.2) is 46.8 Å². The van der Waals surface area contributed by atoms with E-state index >= 15 is 0 Å². The number of thiazole rings is 1. The molecule has 0 atom stereocenters. The number of hydrogen-bond donors (Lipinski definition) is 0. The van der Waals surface area contributed by atoms with Crippen molar-refractivity contribution in [1.29, 1.82) is 0 Å². The van der Waals surface area contributed by atoms with Crippen molar-refractivity contribution in [2.75, 3.05) is 6.54 Å². The maximum absolute atomic E-state index is 12.8. The van der Waals surface area contributed by atoms with Gasteiger partial charge >= 0.3 is 6.36 Å². The Hall–Kier alpha value is -3.14. The molecule has 30 heavy (non-hydrogen) atoms. The number of fused-ring (bicyclic) bond motifs is 1. The average Bonchev–Trinajstić information content (AvgIpc) is 3.24. The van der Waals surface area contributed by atoms with Crippen LogP contribution in [0.2, 0.25) is 0 Å². The van der Waals surface area contributed by atoms with Crippen molar-refractivity contribution in [2.45, 2.75) is 19.3 Å². The van der Waals surface area contributed by atoms with Crippen molar-refractivity contribution >= 4 is 17.2 Å². The number of hydrogen-bond acceptors (Lipinski definition) is 5. The van der Waals surface area contributed by atoms with Gasteiger partial charge in [-0.2, -0.15) is 0 Å². The number of pyridine rings is 1. The van der Waals surface area contributed by atoms with E-state index in [1.807, 2.05) is 0 Å². The molecule has 0 unspecified atom stereocenters. The van der Waals surface area contributed by atoms with Crippen LogP contribution in [0.4, 0.5) is 13.2 Å². The van der Waals surface area contributed by atoms with Gasteiger partial charge in [-0.05, 0) is 29.3 Å². The van der Waals surface area contributed by atoms with Gasteiger partial charge in [-0.15, -0.1) is 24.5 Å². The summed E-state index contributed by atoms with van der Waals surface area (Å²) in [6, 6.07) is 6.87. The molecule has 0 fully saturated rings. The number of nitrogens with zero attached hydrogens (tertiary/aromatic N) is 3. The molecule has 0 aliphatic carbocycles. The lowest BCUT2D eigenvalue weighted by Crippen LogP contribution is -2.38. The zero-order valence-corrected chi connectivity index (χ0v) is 16.6. The van der Waals surface area contributed by atoms with Crippen LogP contribution >= 0.6 is 11.3 Å². The molecular formula is C20H16F3N3O3S. The summed E-state index contributed by atoms with van der Waals surface area (Å²) >= 11 is 1.27. The molecule has 2 aromatic heterocycles. The number of carbonyl (C=O) groups is 1. The Bertz CT molecular complexity index is 1140. The highest BCUT2D eigenvalue weighted by Gasteiger charge is 2.31. The van der Waals surface area contributed by atoms with Gasteiger partial charge in [0.25, 0.3) is 11.5 Å². The largest absolute Gasteiger partial charge is 0.573 e. The minimum absolute atomic E-state index is 0.118. The van der Waals surface area contributed by atoms with Gasteiger partial charge in [0.05, 0.1) is 11.7 Å². The fourth-order valence-electron chi connectivity index (χ4n) is 3.52. The van der Waals surface area contributed by atoms with Crippen LogP contribution in [-0.4, -0.2) is 33.3 Å². The molecule has 1 aliphatic rings. The second kappa shape index (κ2) is 7.60. The van der Waals surface area contributed by atoms with E-state index < -0.39 is 6.36 Å². The Balaban J connectivity index is 1.65. The van der Waals surface area contributed by atoms with Crippen LogP contribution < -0.4 is 10.3 Å². The summed E-state index contributed by atoms with van der Waals surface area (Å²) in [4.78, 5) is 31.7. The number of ether oxygens (including phenoxy) is 1. The third-order valence-corrected chi connectivity index (χ3v) is 5.70. The van der Waals surface area contributed by atoms with E-state index in [2.05, 4.69) is 9.72 Å². The zero-order chi connectivity index (χ0) is 21.5. The number of alkyl halides is 3. The molecule has 1 aliphatic heterocycles. The van der Waals surface area contributed by atoms with Crippen LogP contribution in [0.25, 0.3) is 11.1 Å². The van der Waals surface area contributed by atoms with Crippen molar-refractivity contribution < 1.29 is 22.7 Å². The van der Waals surface area contributed by atoms with E-state index in [0.29, 0.717) is 35.5 Å². The normalized spacial score (nSPS) is 13.8. The van der Waals surface area contributed by atoms with E-state index in [9.17, 15) is 22.8 Å². The van der Waals surface area contributed by atoms with E-state index in [1.165, 1.54) is 41.8 Å². The minimum Gasteiger partial charge on any atom is -0.406 e. The lowest BCUT2D eigenvalue weighted by atomic mass is 9.99. The SMILES string of the molecule is Cn1c2c(cc(-c3ccc(OC(F)(F)F)cc3)c1=O)CN(C(=O)c1cncs1)CC2. The first kappa shape index (κ1) is 20.1. The smallest absolute Gasteiger partial charge is 0.406 e. The number of amides is 1. The molecular weight excluding hydrogens is 419 g/mol. The highest BCUT2D eigenvalue weighted by Crippen LogP contribution is 2.28. The van der Waals surface area contributed by atoms with Gasteiger partial charge in [0.1, 0.15) is 10.6 Å². The van der Waals surface area contributed by atoms with Crippen LogP contribution in [0.1, 0.15) is 20.9 Å². The highest BCUT2D eigenvalue weighted by atomic mass is 32.1. The van der Waals surface area contributed by atoms with E-state index in [0.717, 1.165) is 11.3 Å². The Morgan fingerprint density at radius 2 is 1.97 bits per heavy atom. The van der Waals surface area contributed by atoms with Crippen LogP contribution in [0, 0.1) is 0 Å². The standard InChI is InChI=1S/C20H16F3N3O3S/c1-25-16-6-7-26(19(28)17-9-24-11-30-17)10-13(16)8-15(18(25)27)12-2-4-14(5-3-12)29-20(21,22)23/h2-5,8-9,11H,6-7,10H2,1H3. The molecule has 0 saturated heterocycles. The lowest BCUT2D eigenvalue weighted by Gasteiger charge is -2.30. The molecule has 0 spiro atoms. The quantitative estimate of drug-likeness (QED) is 0.631. The zero-order valence-electron chi connectivity index (χ0n) is 15.8. The van der Waals surface area contributed by atoms with Crippen molar-refractivity contribution in [1.82, 2.24) is 14.5 Å². The van der Waals surface area contributed by atoms with E-state index in [4.69, 9.17) is 0 Å². The molecule has 156 valence electrons. The molecule has 1 aromatic carbocycles. The highest BCUT2D eigenvalue weighted by molar-refractivity contribution is 7.11. The molecule has 6 nitrogen and oxygen atoms in total. The molecule has 1 amide bonds. The predicted octanol–water partition coefficient (Wildman–Crippen LogP) is 3.61. The third-order valence-electron chi connectivity index (χ3n) is 4.94. The number of carbonyl (C=O) groups excluding carboxylic acids is 1. The van der Waals surface area contributed by atoms with E-state index in [1.54, 1.807) is 28.1 Å². The summed E-state index contributed by atoms with van der Waals surface area (Å²) in [5.41, 5.74) is 3.83. The molecule has 0 N–H and O–H groups in total. The fourth-order valence-corrected chi connectivity index (χ4v) is 4.11. The summed E-state index contributed by atoms with van der Waals surface area (Å²) in [6.07, 6.45) is -2.72. The van der Waals surface area contributed by atoms with Gasteiger partial charge in [0, 0.05) is 37.8 Å². The van der Waals surface area contributed by atoms with Gasteiger partial charge in [-0.25, -0.2) is 0 Å². The third kappa shape index (κ3) is 3.95. The van der Waals surface area contributed by atoms with Crippen LogP contribution in [0.5, 0.6) is 5.75 Å².